The van der Waals surface area contributed by atoms with Crippen LogP contribution in [0, 0.1) is 5.92 Å². The Morgan fingerprint density at radius 1 is 0.923 bits per heavy atom. The molecule has 0 radical (unpaired) electrons. The lowest BCUT2D eigenvalue weighted by atomic mass is 9.85. The number of rotatable bonds is 13. The molecule has 2 fully saturated rings. The van der Waals surface area contributed by atoms with E-state index < -0.39 is 6.80 Å². The van der Waals surface area contributed by atoms with Crippen molar-refractivity contribution in [2.45, 2.75) is 90.5 Å². The molecule has 0 unspecified atom stereocenters. The Bertz CT molecular complexity index is 406. The highest BCUT2D eigenvalue weighted by molar-refractivity contribution is 8.55. The fourth-order valence-electron chi connectivity index (χ4n) is 4.13. The summed E-state index contributed by atoms with van der Waals surface area (Å²) in [6.07, 6.45) is 13.0. The second-order valence-electron chi connectivity index (χ2n) is 7.83. The van der Waals surface area contributed by atoms with E-state index in [2.05, 4.69) is 18.7 Å². The fraction of sp³-hybridized carbons (Fsp3) is 1.00. The van der Waals surface area contributed by atoms with Gasteiger partial charge in [-0.25, -0.2) is 4.57 Å². The third-order valence-electron chi connectivity index (χ3n) is 5.67. The maximum atomic E-state index is 13.2. The second-order valence-corrected chi connectivity index (χ2v) is 11.9. The zero-order chi connectivity index (χ0) is 18.7. The van der Waals surface area contributed by atoms with Crippen LogP contribution in [0.5, 0.6) is 0 Å². The molecule has 0 N–H and O–H groups in total. The quantitative estimate of drug-likeness (QED) is 0.258. The maximum absolute atomic E-state index is 13.2. The van der Waals surface area contributed by atoms with Crippen molar-refractivity contribution in [1.29, 1.82) is 0 Å². The minimum Gasteiger partial charge on any atom is -0.301 e. The number of unbranched alkanes of at least 4 members (excludes halogenated alkanes) is 4. The van der Waals surface area contributed by atoms with Gasteiger partial charge in [-0.1, -0.05) is 46.0 Å². The molecule has 26 heavy (non-hydrogen) atoms. The summed E-state index contributed by atoms with van der Waals surface area (Å²) in [5.41, 5.74) is 0. The van der Waals surface area contributed by atoms with E-state index in [1.807, 2.05) is 0 Å². The number of hydrogen-bond acceptors (Lipinski definition) is 5. The van der Waals surface area contributed by atoms with Crippen molar-refractivity contribution in [3.8, 4) is 0 Å². The number of fused-ring (bicyclic) bond motifs is 1. The molecule has 6 heteroatoms. The molecule has 2 aliphatic rings. The predicted octanol–water partition coefficient (Wildman–Crippen LogP) is 6.51. The van der Waals surface area contributed by atoms with Gasteiger partial charge < -0.3 is 13.9 Å². The van der Waals surface area contributed by atoms with Gasteiger partial charge in [0.05, 0.1) is 13.2 Å². The first-order chi connectivity index (χ1) is 12.7. The first-order valence-electron chi connectivity index (χ1n) is 11.0. The van der Waals surface area contributed by atoms with Crippen molar-refractivity contribution >= 4 is 18.2 Å². The standard InChI is InChI=1S/C20H40NO3PS/c1-3-5-9-16-23-25(22,24-17-10-6-4-2)26-18-19-12-11-15-21-14-8-7-13-20(19)21/h19-20H,3-18H2,1-2H3/t19-,20+/m0/s1. The van der Waals surface area contributed by atoms with Gasteiger partial charge in [-0.15, -0.1) is 0 Å². The second kappa shape index (κ2) is 12.8. The summed E-state index contributed by atoms with van der Waals surface area (Å²) < 4.78 is 24.9. The smallest absolute Gasteiger partial charge is 0.301 e. The van der Waals surface area contributed by atoms with Crippen molar-refractivity contribution in [3.63, 3.8) is 0 Å². The van der Waals surface area contributed by atoms with Crippen LogP contribution in [0.3, 0.4) is 0 Å². The van der Waals surface area contributed by atoms with Gasteiger partial charge >= 0.3 is 6.80 Å². The average molecular weight is 406 g/mol. The van der Waals surface area contributed by atoms with E-state index in [1.165, 1.54) is 56.6 Å². The Kier molecular flexibility index (Phi) is 11.2. The molecule has 0 amide bonds. The van der Waals surface area contributed by atoms with Crippen LogP contribution >= 0.6 is 18.2 Å². The summed E-state index contributed by atoms with van der Waals surface area (Å²) >= 11 is 1.49. The van der Waals surface area contributed by atoms with Crippen LogP contribution in [0.2, 0.25) is 0 Å². The Morgan fingerprint density at radius 2 is 1.58 bits per heavy atom. The number of hydrogen-bond donors (Lipinski definition) is 0. The largest absolute Gasteiger partial charge is 0.389 e. The van der Waals surface area contributed by atoms with E-state index >= 15 is 0 Å². The number of nitrogens with zero attached hydrogens (tertiary/aromatic N) is 1. The predicted molar refractivity (Wildman–Crippen MR) is 113 cm³/mol. The Hall–Kier alpha value is 0.460. The SMILES string of the molecule is CCCCCOP(=O)(OCCCCC)SC[C@@H]1CCCN2CCCC[C@H]12. The Morgan fingerprint density at radius 3 is 2.23 bits per heavy atom. The van der Waals surface area contributed by atoms with Crippen molar-refractivity contribution in [1.82, 2.24) is 4.90 Å². The zero-order valence-corrected chi connectivity index (χ0v) is 18.7. The van der Waals surface area contributed by atoms with Crippen LogP contribution in [0.15, 0.2) is 0 Å². The summed E-state index contributed by atoms with van der Waals surface area (Å²) in [5, 5.41) is 0. The van der Waals surface area contributed by atoms with Crippen LogP contribution in [0.4, 0.5) is 0 Å². The lowest BCUT2D eigenvalue weighted by Crippen LogP contribution is -2.48. The van der Waals surface area contributed by atoms with E-state index in [9.17, 15) is 4.57 Å². The molecule has 0 spiro atoms. The molecule has 2 heterocycles. The molecule has 0 aromatic carbocycles. The van der Waals surface area contributed by atoms with E-state index in [1.54, 1.807) is 0 Å². The minimum atomic E-state index is -3.02. The van der Waals surface area contributed by atoms with Crippen molar-refractivity contribution in [3.05, 3.63) is 0 Å². The molecule has 2 saturated heterocycles. The van der Waals surface area contributed by atoms with Gasteiger partial charge in [-0.05, 0) is 68.9 Å². The van der Waals surface area contributed by atoms with Crippen molar-refractivity contribution < 1.29 is 13.6 Å². The van der Waals surface area contributed by atoms with Gasteiger partial charge in [0.15, 0.2) is 0 Å². The third kappa shape index (κ3) is 7.83. The lowest BCUT2D eigenvalue weighted by molar-refractivity contribution is 0.0693. The van der Waals surface area contributed by atoms with Crippen molar-refractivity contribution in [2.24, 2.45) is 5.92 Å². The molecule has 0 aromatic rings. The highest BCUT2D eigenvalue weighted by Crippen LogP contribution is 2.61. The van der Waals surface area contributed by atoms with Crippen LogP contribution in [-0.4, -0.2) is 43.0 Å². The van der Waals surface area contributed by atoms with Crippen LogP contribution < -0.4 is 0 Å². The monoisotopic (exact) mass is 405 g/mol. The van der Waals surface area contributed by atoms with E-state index in [0.717, 1.165) is 44.3 Å². The van der Waals surface area contributed by atoms with Crippen LogP contribution in [-0.2, 0) is 13.6 Å². The van der Waals surface area contributed by atoms with Gasteiger partial charge in [0.25, 0.3) is 0 Å². The van der Waals surface area contributed by atoms with Gasteiger partial charge in [0.2, 0.25) is 0 Å². The minimum absolute atomic E-state index is 0.562. The van der Waals surface area contributed by atoms with Gasteiger partial charge in [0.1, 0.15) is 0 Å². The van der Waals surface area contributed by atoms with E-state index in [-0.39, 0.29) is 0 Å². The highest BCUT2D eigenvalue weighted by Gasteiger charge is 2.35. The molecule has 0 aliphatic carbocycles. The van der Waals surface area contributed by atoms with Gasteiger partial charge in [-0.2, -0.15) is 0 Å². The first kappa shape index (κ1) is 22.7. The molecule has 154 valence electrons. The summed E-state index contributed by atoms with van der Waals surface area (Å²) in [5.74, 6) is 1.56. The van der Waals surface area contributed by atoms with Gasteiger partial charge in [0, 0.05) is 11.8 Å². The zero-order valence-electron chi connectivity index (χ0n) is 17.0. The molecule has 0 aromatic heterocycles. The maximum Gasteiger partial charge on any atom is 0.389 e. The summed E-state index contributed by atoms with van der Waals surface area (Å²) in [6, 6.07) is 0.693. The fourth-order valence-corrected chi connectivity index (χ4v) is 7.84. The molecular weight excluding hydrogens is 365 g/mol. The third-order valence-corrected chi connectivity index (χ3v) is 9.59. The van der Waals surface area contributed by atoms with E-state index in [0.29, 0.717) is 25.2 Å². The molecule has 2 rings (SSSR count). The first-order valence-corrected chi connectivity index (χ1v) is 14.1. The normalized spacial score (nSPS) is 24.5. The molecule has 2 atom stereocenters. The summed E-state index contributed by atoms with van der Waals surface area (Å²) in [6.45, 7) is 4.97. The molecule has 4 nitrogen and oxygen atoms in total. The van der Waals surface area contributed by atoms with Crippen LogP contribution in [0.25, 0.3) is 0 Å². The summed E-state index contributed by atoms with van der Waals surface area (Å²) in [7, 11) is 0. The molecule has 0 bridgehead atoms. The number of piperidine rings is 2. The topological polar surface area (TPSA) is 38.8 Å². The van der Waals surface area contributed by atoms with Gasteiger partial charge in [-0.3, -0.25) is 0 Å². The highest BCUT2D eigenvalue weighted by atomic mass is 32.7. The molecular formula is C20H40NO3PS. The lowest BCUT2D eigenvalue weighted by Gasteiger charge is -2.44. The Labute approximate surface area is 165 Å². The van der Waals surface area contributed by atoms with Crippen LogP contribution in [0.1, 0.15) is 84.5 Å². The average Bonchev–Trinajstić information content (AvgIpc) is 2.67. The van der Waals surface area contributed by atoms with Crippen molar-refractivity contribution in [2.75, 3.05) is 32.1 Å². The van der Waals surface area contributed by atoms with E-state index in [4.69, 9.17) is 9.05 Å². The Balaban J connectivity index is 1.84. The summed E-state index contributed by atoms with van der Waals surface area (Å²) in [4.78, 5) is 2.67. The molecule has 0 saturated carbocycles. The molecule has 2 aliphatic heterocycles.